The van der Waals surface area contributed by atoms with Crippen LogP contribution in [0.4, 0.5) is 5.69 Å². The topological polar surface area (TPSA) is 68.5 Å². The van der Waals surface area contributed by atoms with E-state index < -0.39 is 0 Å². The van der Waals surface area contributed by atoms with Crippen molar-refractivity contribution in [3.05, 3.63) is 40.2 Å². The Bertz CT molecular complexity index is 713. The molecule has 0 spiro atoms. The molecule has 1 atom stereocenters. The smallest absolute Gasteiger partial charge is 0.336 e. The molecular weight excluding hydrogens is 258 g/mol. The minimum absolute atomic E-state index is 0.0585. The third-order valence-electron chi connectivity index (χ3n) is 3.52. The summed E-state index contributed by atoms with van der Waals surface area (Å²) in [7, 11) is 0. The summed E-state index contributed by atoms with van der Waals surface area (Å²) in [6.07, 6.45) is 0.744. The molecule has 0 bridgehead atoms. The number of benzene rings is 1. The van der Waals surface area contributed by atoms with E-state index in [1.54, 1.807) is 6.07 Å². The first-order valence-corrected chi connectivity index (χ1v) is 6.56. The molecule has 1 unspecified atom stereocenters. The van der Waals surface area contributed by atoms with Gasteiger partial charge in [-0.05, 0) is 31.0 Å². The molecule has 0 saturated carbocycles. The number of ether oxygens (including phenoxy) is 1. The van der Waals surface area contributed by atoms with Gasteiger partial charge in [-0.25, -0.2) is 4.79 Å². The maximum Gasteiger partial charge on any atom is 0.336 e. The van der Waals surface area contributed by atoms with Crippen LogP contribution in [0.25, 0.3) is 11.0 Å². The fourth-order valence-corrected chi connectivity index (χ4v) is 2.39. The number of carbonyl (C=O) groups is 1. The largest absolute Gasteiger partial charge is 0.423 e. The second kappa shape index (κ2) is 5.09. The molecule has 1 aromatic heterocycles. The van der Waals surface area contributed by atoms with E-state index in [2.05, 4.69) is 5.32 Å². The average molecular weight is 273 g/mol. The predicted octanol–water partition coefficient (Wildman–Crippen LogP) is 2.08. The average Bonchev–Trinajstić information content (AvgIpc) is 2.91. The van der Waals surface area contributed by atoms with Gasteiger partial charge in [0.1, 0.15) is 5.58 Å². The van der Waals surface area contributed by atoms with Crippen molar-refractivity contribution in [2.75, 3.05) is 18.5 Å². The van der Waals surface area contributed by atoms with Gasteiger partial charge in [-0.15, -0.1) is 0 Å². The molecule has 1 aliphatic rings. The SMILES string of the molecule is Cc1cc(=O)oc2cc(NC(=O)C3CCOC3)ccc12. The highest BCUT2D eigenvalue weighted by Crippen LogP contribution is 2.22. The van der Waals surface area contributed by atoms with E-state index in [4.69, 9.17) is 9.15 Å². The Hall–Kier alpha value is -2.14. The highest BCUT2D eigenvalue weighted by atomic mass is 16.5. The molecule has 2 heterocycles. The molecule has 1 amide bonds. The zero-order valence-corrected chi connectivity index (χ0v) is 11.1. The van der Waals surface area contributed by atoms with Gasteiger partial charge in [0.2, 0.25) is 5.91 Å². The molecule has 3 rings (SSSR count). The maximum absolute atomic E-state index is 12.0. The van der Waals surface area contributed by atoms with Gasteiger partial charge in [0, 0.05) is 29.8 Å². The third-order valence-corrected chi connectivity index (χ3v) is 3.52. The van der Waals surface area contributed by atoms with Crippen LogP contribution in [0.2, 0.25) is 0 Å². The van der Waals surface area contributed by atoms with Gasteiger partial charge in [-0.2, -0.15) is 0 Å². The molecule has 1 aliphatic heterocycles. The second-order valence-corrected chi connectivity index (χ2v) is 5.01. The van der Waals surface area contributed by atoms with Crippen molar-refractivity contribution in [3.8, 4) is 0 Å². The summed E-state index contributed by atoms with van der Waals surface area (Å²) in [6, 6.07) is 6.78. The van der Waals surface area contributed by atoms with Crippen LogP contribution >= 0.6 is 0 Å². The van der Waals surface area contributed by atoms with Crippen LogP contribution < -0.4 is 10.9 Å². The zero-order chi connectivity index (χ0) is 14.1. The monoisotopic (exact) mass is 273 g/mol. The molecule has 20 heavy (non-hydrogen) atoms. The van der Waals surface area contributed by atoms with Crippen LogP contribution in [0.3, 0.4) is 0 Å². The second-order valence-electron chi connectivity index (χ2n) is 5.01. The quantitative estimate of drug-likeness (QED) is 0.850. The van der Waals surface area contributed by atoms with Crippen LogP contribution in [-0.2, 0) is 9.53 Å². The first kappa shape index (κ1) is 12.9. The minimum Gasteiger partial charge on any atom is -0.423 e. The van der Waals surface area contributed by atoms with Gasteiger partial charge in [0.25, 0.3) is 0 Å². The minimum atomic E-state index is -0.386. The number of hydrogen-bond acceptors (Lipinski definition) is 4. The van der Waals surface area contributed by atoms with Crippen molar-refractivity contribution in [2.45, 2.75) is 13.3 Å². The lowest BCUT2D eigenvalue weighted by molar-refractivity contribution is -0.119. The normalized spacial score (nSPS) is 18.4. The summed E-state index contributed by atoms with van der Waals surface area (Å²) in [5.41, 5.74) is 1.58. The number of nitrogens with one attached hydrogen (secondary N) is 1. The Morgan fingerprint density at radius 2 is 2.20 bits per heavy atom. The molecule has 0 radical (unpaired) electrons. The summed E-state index contributed by atoms with van der Waals surface area (Å²) < 4.78 is 10.4. The molecule has 5 nitrogen and oxygen atoms in total. The highest BCUT2D eigenvalue weighted by Gasteiger charge is 2.23. The summed E-state index contributed by atoms with van der Waals surface area (Å²) in [4.78, 5) is 23.4. The Kier molecular flexibility index (Phi) is 3.28. The van der Waals surface area contributed by atoms with Gasteiger partial charge in [-0.3, -0.25) is 4.79 Å². The first-order chi connectivity index (χ1) is 9.63. The fraction of sp³-hybridized carbons (Fsp3) is 0.333. The maximum atomic E-state index is 12.0. The number of aryl methyl sites for hydroxylation is 1. The molecule has 1 saturated heterocycles. The number of carbonyl (C=O) groups excluding carboxylic acids is 1. The van der Waals surface area contributed by atoms with Crippen LogP contribution in [0, 0.1) is 12.8 Å². The molecular formula is C15H15NO4. The first-order valence-electron chi connectivity index (χ1n) is 6.56. The van der Waals surface area contributed by atoms with E-state index in [9.17, 15) is 9.59 Å². The third kappa shape index (κ3) is 2.44. The van der Waals surface area contributed by atoms with Gasteiger partial charge >= 0.3 is 5.63 Å². The Morgan fingerprint density at radius 1 is 1.35 bits per heavy atom. The Balaban J connectivity index is 1.89. The Labute approximate surface area is 115 Å². The Morgan fingerprint density at radius 3 is 2.95 bits per heavy atom. The van der Waals surface area contributed by atoms with Crippen molar-refractivity contribution >= 4 is 22.6 Å². The van der Waals surface area contributed by atoms with Crippen molar-refractivity contribution < 1.29 is 13.9 Å². The molecule has 2 aromatic rings. The van der Waals surface area contributed by atoms with Crippen molar-refractivity contribution in [1.29, 1.82) is 0 Å². The van der Waals surface area contributed by atoms with Crippen LogP contribution in [-0.4, -0.2) is 19.1 Å². The number of hydrogen-bond donors (Lipinski definition) is 1. The lowest BCUT2D eigenvalue weighted by atomic mass is 10.1. The van der Waals surface area contributed by atoms with Crippen LogP contribution in [0.1, 0.15) is 12.0 Å². The van der Waals surface area contributed by atoms with E-state index in [0.29, 0.717) is 24.5 Å². The van der Waals surface area contributed by atoms with Gasteiger partial charge in [0.15, 0.2) is 0 Å². The van der Waals surface area contributed by atoms with Crippen molar-refractivity contribution in [1.82, 2.24) is 0 Å². The van der Waals surface area contributed by atoms with Gasteiger partial charge < -0.3 is 14.5 Å². The fourth-order valence-electron chi connectivity index (χ4n) is 2.39. The van der Waals surface area contributed by atoms with E-state index >= 15 is 0 Å². The van der Waals surface area contributed by atoms with Crippen LogP contribution in [0.5, 0.6) is 0 Å². The lowest BCUT2D eigenvalue weighted by Gasteiger charge is -2.10. The van der Waals surface area contributed by atoms with E-state index in [-0.39, 0.29) is 17.5 Å². The summed E-state index contributed by atoms with van der Waals surface area (Å²) in [6.45, 7) is 2.95. The summed E-state index contributed by atoms with van der Waals surface area (Å²) in [5, 5.41) is 3.70. The summed E-state index contributed by atoms with van der Waals surface area (Å²) in [5.74, 6) is -0.160. The molecule has 0 aliphatic carbocycles. The van der Waals surface area contributed by atoms with E-state index in [1.807, 2.05) is 19.1 Å². The van der Waals surface area contributed by atoms with Crippen molar-refractivity contribution in [2.24, 2.45) is 5.92 Å². The number of amides is 1. The molecule has 5 heteroatoms. The van der Waals surface area contributed by atoms with Gasteiger partial charge in [0.05, 0.1) is 12.5 Å². The number of fused-ring (bicyclic) bond motifs is 1. The highest BCUT2D eigenvalue weighted by molar-refractivity contribution is 5.95. The molecule has 1 fully saturated rings. The van der Waals surface area contributed by atoms with Crippen LogP contribution in [0.15, 0.2) is 33.5 Å². The van der Waals surface area contributed by atoms with Gasteiger partial charge in [-0.1, -0.05) is 0 Å². The number of anilines is 1. The summed E-state index contributed by atoms with van der Waals surface area (Å²) >= 11 is 0. The number of rotatable bonds is 2. The zero-order valence-electron chi connectivity index (χ0n) is 11.1. The standard InChI is InChI=1S/C15H15NO4/c1-9-6-14(17)20-13-7-11(2-3-12(9)13)16-15(18)10-4-5-19-8-10/h2-3,6-7,10H,4-5,8H2,1H3,(H,16,18). The lowest BCUT2D eigenvalue weighted by Crippen LogP contribution is -2.22. The molecule has 1 aromatic carbocycles. The van der Waals surface area contributed by atoms with E-state index in [0.717, 1.165) is 17.4 Å². The van der Waals surface area contributed by atoms with Crippen molar-refractivity contribution in [3.63, 3.8) is 0 Å². The van der Waals surface area contributed by atoms with E-state index in [1.165, 1.54) is 6.07 Å². The predicted molar refractivity (Wildman–Crippen MR) is 74.8 cm³/mol. The molecule has 104 valence electrons. The molecule has 1 N–H and O–H groups in total.